The van der Waals surface area contributed by atoms with E-state index < -0.39 is 0 Å². The Bertz CT molecular complexity index is 298. The molecule has 0 amide bonds. The molecule has 14 heavy (non-hydrogen) atoms. The Labute approximate surface area is 94.4 Å². The number of hydrogen-bond acceptors (Lipinski definition) is 2. The third-order valence-corrected chi connectivity index (χ3v) is 2.80. The van der Waals surface area contributed by atoms with Gasteiger partial charge in [0.25, 0.3) is 0 Å². The van der Waals surface area contributed by atoms with Crippen molar-refractivity contribution in [2.45, 2.75) is 25.8 Å². The first-order valence-corrected chi connectivity index (χ1v) is 5.33. The monoisotopic (exact) mass is 232 g/mol. The van der Waals surface area contributed by atoms with Crippen LogP contribution in [0.2, 0.25) is 10.0 Å². The Kier molecular flexibility index (Phi) is 4.69. The topological polar surface area (TPSA) is 38.0 Å². The van der Waals surface area contributed by atoms with E-state index in [4.69, 9.17) is 29.0 Å². The zero-order valence-electron chi connectivity index (χ0n) is 8.06. The van der Waals surface area contributed by atoms with Gasteiger partial charge in [0.15, 0.2) is 0 Å². The van der Waals surface area contributed by atoms with Gasteiger partial charge in [-0.25, -0.2) is 0 Å². The zero-order valence-corrected chi connectivity index (χ0v) is 9.57. The Morgan fingerprint density at radius 3 is 2.64 bits per heavy atom. The Morgan fingerprint density at radius 1 is 1.43 bits per heavy atom. The molecule has 1 aromatic rings. The number of halogens is 2. The summed E-state index contributed by atoms with van der Waals surface area (Å²) in [5, 5.41) is 1.36. The van der Waals surface area contributed by atoms with Crippen molar-refractivity contribution in [2.24, 2.45) is 5.84 Å². The number of rotatable bonds is 4. The number of hydrazine groups is 1. The molecule has 0 aromatic heterocycles. The summed E-state index contributed by atoms with van der Waals surface area (Å²) < 4.78 is 0. The summed E-state index contributed by atoms with van der Waals surface area (Å²) in [5.41, 5.74) is 3.82. The summed E-state index contributed by atoms with van der Waals surface area (Å²) in [5.74, 6) is 5.39. The second-order valence-electron chi connectivity index (χ2n) is 3.21. The van der Waals surface area contributed by atoms with E-state index in [0.717, 1.165) is 18.4 Å². The van der Waals surface area contributed by atoms with Crippen LogP contribution in [0.4, 0.5) is 0 Å². The quantitative estimate of drug-likeness (QED) is 0.619. The van der Waals surface area contributed by atoms with Crippen LogP contribution in [0.3, 0.4) is 0 Å². The van der Waals surface area contributed by atoms with Crippen molar-refractivity contribution in [3.05, 3.63) is 33.8 Å². The Balaban J connectivity index is 2.76. The average molecular weight is 233 g/mol. The SMILES string of the molecule is CCC(Cc1ccc(Cl)cc1Cl)NN. The van der Waals surface area contributed by atoms with E-state index >= 15 is 0 Å². The predicted molar refractivity (Wildman–Crippen MR) is 61.6 cm³/mol. The molecule has 2 nitrogen and oxygen atoms in total. The van der Waals surface area contributed by atoms with Crippen molar-refractivity contribution in [3.8, 4) is 0 Å². The molecule has 78 valence electrons. The predicted octanol–water partition coefficient (Wildman–Crippen LogP) is 2.78. The van der Waals surface area contributed by atoms with Gasteiger partial charge in [-0.2, -0.15) is 0 Å². The molecule has 1 atom stereocenters. The molecule has 3 N–H and O–H groups in total. The van der Waals surface area contributed by atoms with E-state index in [1.165, 1.54) is 0 Å². The molecule has 0 saturated heterocycles. The molecule has 0 aliphatic carbocycles. The van der Waals surface area contributed by atoms with Crippen LogP contribution >= 0.6 is 23.2 Å². The number of benzene rings is 1. The van der Waals surface area contributed by atoms with Crippen LogP contribution in [0.25, 0.3) is 0 Å². The van der Waals surface area contributed by atoms with E-state index in [1.54, 1.807) is 6.07 Å². The fraction of sp³-hybridized carbons (Fsp3) is 0.400. The highest BCUT2D eigenvalue weighted by molar-refractivity contribution is 6.35. The van der Waals surface area contributed by atoms with E-state index in [2.05, 4.69) is 12.3 Å². The molecular formula is C10H14Cl2N2. The minimum atomic E-state index is 0.258. The van der Waals surface area contributed by atoms with Crippen molar-refractivity contribution < 1.29 is 0 Å². The fourth-order valence-corrected chi connectivity index (χ4v) is 1.76. The molecule has 1 aromatic carbocycles. The number of nitrogens with two attached hydrogens (primary N) is 1. The Hall–Kier alpha value is -0.280. The highest BCUT2D eigenvalue weighted by Crippen LogP contribution is 2.22. The van der Waals surface area contributed by atoms with E-state index in [1.807, 2.05) is 12.1 Å². The molecule has 0 bridgehead atoms. The lowest BCUT2D eigenvalue weighted by Crippen LogP contribution is -2.36. The molecule has 0 aliphatic heterocycles. The maximum Gasteiger partial charge on any atom is 0.0453 e. The van der Waals surface area contributed by atoms with E-state index in [0.29, 0.717) is 10.0 Å². The smallest absolute Gasteiger partial charge is 0.0453 e. The van der Waals surface area contributed by atoms with Gasteiger partial charge in [-0.1, -0.05) is 36.2 Å². The molecular weight excluding hydrogens is 219 g/mol. The summed E-state index contributed by atoms with van der Waals surface area (Å²) in [6.07, 6.45) is 1.79. The maximum atomic E-state index is 6.03. The number of nitrogens with one attached hydrogen (secondary N) is 1. The summed E-state index contributed by atoms with van der Waals surface area (Å²) in [7, 11) is 0. The second kappa shape index (κ2) is 5.56. The molecule has 1 unspecified atom stereocenters. The van der Waals surface area contributed by atoms with Gasteiger partial charge in [0.2, 0.25) is 0 Å². The molecule has 0 heterocycles. The minimum absolute atomic E-state index is 0.258. The maximum absolute atomic E-state index is 6.03. The summed E-state index contributed by atoms with van der Waals surface area (Å²) in [6.45, 7) is 2.08. The van der Waals surface area contributed by atoms with Gasteiger partial charge in [-0.15, -0.1) is 0 Å². The van der Waals surface area contributed by atoms with Crippen molar-refractivity contribution in [1.29, 1.82) is 0 Å². The van der Waals surface area contributed by atoms with Gasteiger partial charge in [0.05, 0.1) is 0 Å². The summed E-state index contributed by atoms with van der Waals surface area (Å²) in [6, 6.07) is 5.78. The van der Waals surface area contributed by atoms with Crippen molar-refractivity contribution >= 4 is 23.2 Å². The lowest BCUT2D eigenvalue weighted by Gasteiger charge is -2.14. The van der Waals surface area contributed by atoms with Crippen LogP contribution in [0.5, 0.6) is 0 Å². The van der Waals surface area contributed by atoms with E-state index in [-0.39, 0.29) is 6.04 Å². The van der Waals surface area contributed by atoms with Crippen LogP contribution in [-0.4, -0.2) is 6.04 Å². The van der Waals surface area contributed by atoms with Gasteiger partial charge in [0, 0.05) is 16.1 Å². The fourth-order valence-electron chi connectivity index (χ4n) is 1.27. The van der Waals surface area contributed by atoms with Crippen molar-refractivity contribution in [1.82, 2.24) is 5.43 Å². The van der Waals surface area contributed by atoms with Crippen LogP contribution in [-0.2, 0) is 6.42 Å². The van der Waals surface area contributed by atoms with Crippen molar-refractivity contribution in [3.63, 3.8) is 0 Å². The second-order valence-corrected chi connectivity index (χ2v) is 4.06. The van der Waals surface area contributed by atoms with Crippen LogP contribution in [0.15, 0.2) is 18.2 Å². The van der Waals surface area contributed by atoms with Gasteiger partial charge in [0.1, 0.15) is 0 Å². The minimum Gasteiger partial charge on any atom is -0.271 e. The van der Waals surface area contributed by atoms with Crippen LogP contribution in [0.1, 0.15) is 18.9 Å². The third-order valence-electron chi connectivity index (χ3n) is 2.21. The van der Waals surface area contributed by atoms with E-state index in [9.17, 15) is 0 Å². The molecule has 0 saturated carbocycles. The standard InChI is InChI=1S/C10H14Cl2N2/c1-2-9(14-13)5-7-3-4-8(11)6-10(7)12/h3-4,6,9,14H,2,5,13H2,1H3. The molecule has 0 spiro atoms. The largest absolute Gasteiger partial charge is 0.271 e. The highest BCUT2D eigenvalue weighted by atomic mass is 35.5. The average Bonchev–Trinajstić information content (AvgIpc) is 2.17. The zero-order chi connectivity index (χ0) is 10.6. The molecule has 0 fully saturated rings. The van der Waals surface area contributed by atoms with Gasteiger partial charge in [-0.05, 0) is 30.5 Å². The van der Waals surface area contributed by atoms with Crippen molar-refractivity contribution in [2.75, 3.05) is 0 Å². The lowest BCUT2D eigenvalue weighted by atomic mass is 10.0. The normalized spacial score (nSPS) is 12.9. The molecule has 0 radical (unpaired) electrons. The highest BCUT2D eigenvalue weighted by Gasteiger charge is 2.08. The summed E-state index contributed by atoms with van der Waals surface area (Å²) >= 11 is 11.8. The summed E-state index contributed by atoms with van der Waals surface area (Å²) in [4.78, 5) is 0. The van der Waals surface area contributed by atoms with Crippen LogP contribution < -0.4 is 11.3 Å². The van der Waals surface area contributed by atoms with Gasteiger partial charge >= 0.3 is 0 Å². The molecule has 1 rings (SSSR count). The van der Waals surface area contributed by atoms with Gasteiger partial charge in [-0.3, -0.25) is 11.3 Å². The molecule has 0 aliphatic rings. The first kappa shape index (κ1) is 11.8. The lowest BCUT2D eigenvalue weighted by molar-refractivity contribution is 0.511. The molecule has 4 heteroatoms. The van der Waals surface area contributed by atoms with Gasteiger partial charge < -0.3 is 0 Å². The first-order valence-electron chi connectivity index (χ1n) is 4.57. The third kappa shape index (κ3) is 3.14. The number of hydrogen-bond donors (Lipinski definition) is 2. The van der Waals surface area contributed by atoms with Crippen LogP contribution in [0, 0.1) is 0 Å². The Morgan fingerprint density at radius 2 is 2.14 bits per heavy atom. The first-order chi connectivity index (χ1) is 6.67.